The minimum Gasteiger partial charge on any atom is -0.395 e. The predicted molar refractivity (Wildman–Crippen MR) is 35.3 cm³/mol. The second kappa shape index (κ2) is 2.88. The van der Waals surface area contributed by atoms with Crippen molar-refractivity contribution in [3.05, 3.63) is 0 Å². The molecule has 1 rings (SSSR count). The van der Waals surface area contributed by atoms with Crippen molar-refractivity contribution in [2.75, 3.05) is 12.4 Å². The molecule has 0 aromatic heterocycles. The van der Waals surface area contributed by atoms with Gasteiger partial charge in [0.25, 0.3) is 0 Å². The van der Waals surface area contributed by atoms with Crippen LogP contribution < -0.4 is 0 Å². The highest BCUT2D eigenvalue weighted by atomic mass is 32.2. The fraction of sp³-hybridized carbons (Fsp3) is 1.00. The topological polar surface area (TPSA) is 60.7 Å². The third-order valence-corrected chi connectivity index (χ3v) is 2.83. The molecular weight excluding hydrogens is 140 g/mol. The van der Waals surface area contributed by atoms with E-state index in [1.165, 1.54) is 11.8 Å². The molecule has 3 nitrogen and oxygen atoms in total. The van der Waals surface area contributed by atoms with Gasteiger partial charge in [0.2, 0.25) is 0 Å². The Labute approximate surface area is 57.7 Å². The molecule has 1 saturated heterocycles. The van der Waals surface area contributed by atoms with Gasteiger partial charge in [0.1, 0.15) is 0 Å². The van der Waals surface area contributed by atoms with E-state index in [9.17, 15) is 0 Å². The smallest absolute Gasteiger partial charge is 0.0947 e. The van der Waals surface area contributed by atoms with Crippen molar-refractivity contribution in [1.29, 1.82) is 0 Å². The van der Waals surface area contributed by atoms with Gasteiger partial charge in [-0.05, 0) is 0 Å². The summed E-state index contributed by atoms with van der Waals surface area (Å²) < 4.78 is 0. The van der Waals surface area contributed by atoms with Crippen molar-refractivity contribution in [2.24, 2.45) is 0 Å². The van der Waals surface area contributed by atoms with Gasteiger partial charge in [-0.1, -0.05) is 0 Å². The quantitative estimate of drug-likeness (QED) is 0.440. The first-order chi connectivity index (χ1) is 4.25. The molecule has 0 radical (unpaired) electrons. The molecule has 0 amide bonds. The van der Waals surface area contributed by atoms with Crippen LogP contribution in [0.5, 0.6) is 0 Å². The Balaban J connectivity index is 2.41. The monoisotopic (exact) mass is 150 g/mol. The van der Waals surface area contributed by atoms with Crippen molar-refractivity contribution >= 4 is 11.8 Å². The highest BCUT2D eigenvalue weighted by molar-refractivity contribution is 8.00. The van der Waals surface area contributed by atoms with Crippen LogP contribution in [-0.2, 0) is 0 Å². The summed E-state index contributed by atoms with van der Waals surface area (Å²) >= 11 is 1.41. The highest BCUT2D eigenvalue weighted by Crippen LogP contribution is 2.26. The summed E-state index contributed by atoms with van der Waals surface area (Å²) in [5, 5.41) is 26.3. The molecule has 1 aliphatic heterocycles. The number of thioether (sulfide) groups is 1. The Morgan fingerprint density at radius 1 is 1.44 bits per heavy atom. The first-order valence-electron chi connectivity index (χ1n) is 2.84. The normalized spacial score (nSPS) is 43.7. The first kappa shape index (κ1) is 7.34. The van der Waals surface area contributed by atoms with Gasteiger partial charge in [-0.3, -0.25) is 0 Å². The number of rotatable bonds is 1. The number of aliphatic hydroxyl groups is 3. The fourth-order valence-electron chi connectivity index (χ4n) is 0.828. The number of hydrogen-bond acceptors (Lipinski definition) is 4. The van der Waals surface area contributed by atoms with E-state index in [1.807, 2.05) is 0 Å². The van der Waals surface area contributed by atoms with E-state index < -0.39 is 12.2 Å². The molecule has 0 spiro atoms. The molecule has 1 fully saturated rings. The molecule has 0 aromatic carbocycles. The zero-order chi connectivity index (χ0) is 6.85. The SMILES string of the molecule is OC[C@H]1SCC(O)[C@H]1O. The second-order valence-electron chi connectivity index (χ2n) is 2.11. The van der Waals surface area contributed by atoms with E-state index in [0.717, 1.165) is 0 Å². The lowest BCUT2D eigenvalue weighted by Gasteiger charge is -2.11. The first-order valence-corrected chi connectivity index (χ1v) is 3.89. The summed E-state index contributed by atoms with van der Waals surface area (Å²) in [6.45, 7) is -0.0527. The zero-order valence-electron chi connectivity index (χ0n) is 4.90. The highest BCUT2D eigenvalue weighted by Gasteiger charge is 2.33. The van der Waals surface area contributed by atoms with Crippen LogP contribution in [0.15, 0.2) is 0 Å². The minimum absolute atomic E-state index is 0.0527. The van der Waals surface area contributed by atoms with E-state index in [4.69, 9.17) is 15.3 Å². The zero-order valence-corrected chi connectivity index (χ0v) is 5.71. The van der Waals surface area contributed by atoms with Crippen LogP contribution in [0.4, 0.5) is 0 Å². The molecule has 0 aromatic rings. The van der Waals surface area contributed by atoms with Gasteiger partial charge in [-0.25, -0.2) is 0 Å². The lowest BCUT2D eigenvalue weighted by molar-refractivity contribution is 0.0326. The van der Waals surface area contributed by atoms with Crippen LogP contribution in [0.3, 0.4) is 0 Å². The van der Waals surface area contributed by atoms with Crippen molar-refractivity contribution in [3.63, 3.8) is 0 Å². The fourth-order valence-corrected chi connectivity index (χ4v) is 1.95. The predicted octanol–water partition coefficient (Wildman–Crippen LogP) is -1.18. The third-order valence-electron chi connectivity index (χ3n) is 1.44. The summed E-state index contributed by atoms with van der Waals surface area (Å²) in [7, 11) is 0. The summed E-state index contributed by atoms with van der Waals surface area (Å²) in [6.07, 6.45) is -1.38. The molecule has 1 aliphatic rings. The van der Waals surface area contributed by atoms with Crippen LogP contribution >= 0.6 is 11.8 Å². The largest absolute Gasteiger partial charge is 0.395 e. The molecule has 1 unspecified atom stereocenters. The molecule has 0 saturated carbocycles. The Morgan fingerprint density at radius 2 is 2.11 bits per heavy atom. The van der Waals surface area contributed by atoms with Crippen molar-refractivity contribution < 1.29 is 15.3 Å². The van der Waals surface area contributed by atoms with Crippen LogP contribution in [-0.4, -0.2) is 45.1 Å². The van der Waals surface area contributed by atoms with Gasteiger partial charge < -0.3 is 15.3 Å². The molecule has 0 bridgehead atoms. The standard InChI is InChI=1S/C5H10O3S/c6-1-4-5(8)3(7)2-9-4/h3-8H,1-2H2/t3?,4-,5-/m1/s1. The second-order valence-corrected chi connectivity index (χ2v) is 3.38. The van der Waals surface area contributed by atoms with Crippen molar-refractivity contribution in [2.45, 2.75) is 17.5 Å². The molecular formula is C5H10O3S. The Bertz CT molecular complexity index is 98.2. The number of aliphatic hydroxyl groups excluding tert-OH is 3. The van der Waals surface area contributed by atoms with E-state index in [-0.39, 0.29) is 11.9 Å². The molecule has 3 N–H and O–H groups in total. The maximum Gasteiger partial charge on any atom is 0.0947 e. The van der Waals surface area contributed by atoms with E-state index in [2.05, 4.69) is 0 Å². The maximum absolute atomic E-state index is 9.03. The van der Waals surface area contributed by atoms with E-state index in [0.29, 0.717) is 5.75 Å². The van der Waals surface area contributed by atoms with Gasteiger partial charge in [-0.2, -0.15) is 11.8 Å². The lowest BCUT2D eigenvalue weighted by Crippen LogP contribution is -2.30. The van der Waals surface area contributed by atoms with E-state index >= 15 is 0 Å². The van der Waals surface area contributed by atoms with Gasteiger partial charge in [0, 0.05) is 5.75 Å². The number of hydrogen-bond donors (Lipinski definition) is 3. The van der Waals surface area contributed by atoms with Crippen molar-refractivity contribution in [3.8, 4) is 0 Å². The molecule has 3 atom stereocenters. The van der Waals surface area contributed by atoms with E-state index in [1.54, 1.807) is 0 Å². The maximum atomic E-state index is 9.03. The Morgan fingerprint density at radius 3 is 2.33 bits per heavy atom. The average molecular weight is 150 g/mol. The molecule has 1 heterocycles. The summed E-state index contributed by atoms with van der Waals surface area (Å²) in [5.41, 5.74) is 0. The third kappa shape index (κ3) is 1.38. The molecule has 0 aliphatic carbocycles. The molecule has 4 heteroatoms. The molecule has 9 heavy (non-hydrogen) atoms. The van der Waals surface area contributed by atoms with Gasteiger partial charge in [0.05, 0.1) is 24.1 Å². The average Bonchev–Trinajstić information content (AvgIpc) is 2.15. The van der Waals surface area contributed by atoms with Gasteiger partial charge in [0.15, 0.2) is 0 Å². The summed E-state index contributed by atoms with van der Waals surface area (Å²) in [5.74, 6) is 0.534. The van der Waals surface area contributed by atoms with Crippen LogP contribution in [0, 0.1) is 0 Å². The Hall–Kier alpha value is 0.230. The summed E-state index contributed by atoms with van der Waals surface area (Å²) in [4.78, 5) is 0. The van der Waals surface area contributed by atoms with Gasteiger partial charge in [-0.15, -0.1) is 0 Å². The molecule has 54 valence electrons. The summed E-state index contributed by atoms with van der Waals surface area (Å²) in [6, 6.07) is 0. The lowest BCUT2D eigenvalue weighted by atomic mass is 10.2. The van der Waals surface area contributed by atoms with Crippen LogP contribution in [0.1, 0.15) is 0 Å². The Kier molecular flexibility index (Phi) is 2.35. The van der Waals surface area contributed by atoms with Crippen LogP contribution in [0.2, 0.25) is 0 Å². The van der Waals surface area contributed by atoms with Crippen LogP contribution in [0.25, 0.3) is 0 Å². The minimum atomic E-state index is -0.736. The van der Waals surface area contributed by atoms with Gasteiger partial charge >= 0.3 is 0 Å². The van der Waals surface area contributed by atoms with Crippen molar-refractivity contribution in [1.82, 2.24) is 0 Å².